The van der Waals surface area contributed by atoms with Crippen LogP contribution in [0.4, 0.5) is 8.78 Å². The summed E-state index contributed by atoms with van der Waals surface area (Å²) in [6.07, 6.45) is -0.117. The van der Waals surface area contributed by atoms with Crippen LogP contribution in [0, 0.1) is 26.7 Å². The van der Waals surface area contributed by atoms with Gasteiger partial charge in [0.15, 0.2) is 0 Å². The summed E-state index contributed by atoms with van der Waals surface area (Å²) in [5.74, 6) is -3.53. The summed E-state index contributed by atoms with van der Waals surface area (Å²) in [6, 6.07) is 3.01. The lowest BCUT2D eigenvalue weighted by Gasteiger charge is -2.32. The van der Waals surface area contributed by atoms with Crippen LogP contribution < -0.4 is 4.72 Å². The number of hydrogen-bond donors (Lipinski definition) is 1. The molecule has 4 nitrogen and oxygen atoms in total. The van der Waals surface area contributed by atoms with E-state index in [-0.39, 0.29) is 38.2 Å². The molecule has 0 saturated heterocycles. The maximum Gasteiger partial charge on any atom is 0.324 e. The topological polar surface area (TPSA) is 55.4 Å². The predicted molar refractivity (Wildman–Crippen MR) is 97.5 cm³/mol. The van der Waals surface area contributed by atoms with Gasteiger partial charge in [-0.15, -0.1) is 0 Å². The average Bonchev–Trinajstić information content (AvgIpc) is 2.52. The van der Waals surface area contributed by atoms with Crippen molar-refractivity contribution < 1.29 is 22.5 Å². The highest BCUT2D eigenvalue weighted by molar-refractivity contribution is 7.83. The maximum atomic E-state index is 13.5. The molecular weight excluding hydrogens is 360 g/mol. The lowest BCUT2D eigenvalue weighted by Crippen LogP contribution is -2.47. The SMILES string of the molecule is CCOC(=O)[C@@H](NS(=O)c1c(C)cc(C)cc1C)C1CCC(F)(F)CC1. The smallest absolute Gasteiger partial charge is 0.324 e. The molecule has 0 spiro atoms. The number of benzene rings is 1. The summed E-state index contributed by atoms with van der Waals surface area (Å²) in [5, 5.41) is 0. The van der Waals surface area contributed by atoms with Crippen molar-refractivity contribution in [1.29, 1.82) is 0 Å². The first-order chi connectivity index (χ1) is 12.1. The lowest BCUT2D eigenvalue weighted by molar-refractivity contribution is -0.148. The van der Waals surface area contributed by atoms with Crippen LogP contribution in [-0.4, -0.2) is 28.7 Å². The molecule has 146 valence electrons. The number of halogens is 2. The molecule has 0 amide bonds. The summed E-state index contributed by atoms with van der Waals surface area (Å²) in [7, 11) is -1.63. The third-order valence-electron chi connectivity index (χ3n) is 4.80. The van der Waals surface area contributed by atoms with Crippen LogP contribution in [-0.2, 0) is 20.5 Å². The third kappa shape index (κ3) is 5.10. The first kappa shape index (κ1) is 21.0. The van der Waals surface area contributed by atoms with Crippen LogP contribution in [0.2, 0.25) is 0 Å². The molecule has 7 heteroatoms. The number of alkyl halides is 2. The van der Waals surface area contributed by atoms with Gasteiger partial charge in [0, 0.05) is 12.8 Å². The highest BCUT2D eigenvalue weighted by Gasteiger charge is 2.41. The van der Waals surface area contributed by atoms with Crippen molar-refractivity contribution in [2.45, 2.75) is 70.2 Å². The normalized spacial score (nSPS) is 19.8. The van der Waals surface area contributed by atoms with Gasteiger partial charge in [-0.2, -0.15) is 0 Å². The van der Waals surface area contributed by atoms with Crippen molar-refractivity contribution in [2.75, 3.05) is 6.61 Å². The molecule has 1 aromatic rings. The van der Waals surface area contributed by atoms with Gasteiger partial charge in [0.2, 0.25) is 5.92 Å². The Labute approximate surface area is 156 Å². The van der Waals surface area contributed by atoms with Gasteiger partial charge in [-0.3, -0.25) is 4.79 Å². The Morgan fingerprint density at radius 2 is 1.81 bits per heavy atom. The van der Waals surface area contributed by atoms with Gasteiger partial charge in [0.1, 0.15) is 17.0 Å². The van der Waals surface area contributed by atoms with Gasteiger partial charge in [0.25, 0.3) is 0 Å². The number of hydrogen-bond acceptors (Lipinski definition) is 3. The van der Waals surface area contributed by atoms with E-state index in [0.717, 1.165) is 16.7 Å². The molecule has 0 radical (unpaired) electrons. The summed E-state index contributed by atoms with van der Waals surface area (Å²) >= 11 is 0. The first-order valence-electron chi connectivity index (χ1n) is 8.95. The number of aryl methyl sites for hydroxylation is 3. The van der Waals surface area contributed by atoms with E-state index < -0.39 is 28.9 Å². The van der Waals surface area contributed by atoms with Crippen molar-refractivity contribution in [2.24, 2.45) is 5.92 Å². The number of rotatable bonds is 6. The molecule has 0 heterocycles. The van der Waals surface area contributed by atoms with E-state index in [1.807, 2.05) is 32.9 Å². The van der Waals surface area contributed by atoms with Crippen LogP contribution in [0.25, 0.3) is 0 Å². The molecule has 1 aliphatic rings. The fourth-order valence-electron chi connectivity index (χ4n) is 3.60. The van der Waals surface area contributed by atoms with E-state index in [4.69, 9.17) is 4.74 Å². The quantitative estimate of drug-likeness (QED) is 0.751. The summed E-state index contributed by atoms with van der Waals surface area (Å²) in [4.78, 5) is 13.0. The molecule has 1 unspecified atom stereocenters. The van der Waals surface area contributed by atoms with Crippen LogP contribution >= 0.6 is 0 Å². The van der Waals surface area contributed by atoms with Gasteiger partial charge >= 0.3 is 5.97 Å². The molecule has 2 atom stereocenters. The van der Waals surface area contributed by atoms with Gasteiger partial charge in [0.05, 0.1) is 11.5 Å². The number of carbonyl (C=O) groups is 1. The van der Waals surface area contributed by atoms with Gasteiger partial charge in [-0.25, -0.2) is 17.7 Å². The summed E-state index contributed by atoms with van der Waals surface area (Å²) in [6.45, 7) is 7.58. The van der Waals surface area contributed by atoms with E-state index in [9.17, 15) is 17.8 Å². The fraction of sp³-hybridized carbons (Fsp3) is 0.632. The zero-order valence-corrected chi connectivity index (χ0v) is 16.6. The second-order valence-electron chi connectivity index (χ2n) is 7.04. The standard InChI is InChI=1S/C19H27F2NO3S/c1-5-25-18(23)16(15-6-8-19(20,21)9-7-15)22-26(24)17-13(3)10-12(2)11-14(17)4/h10-11,15-16,22H,5-9H2,1-4H3/t16-,26?/m0/s1. The molecule has 0 bridgehead atoms. The monoisotopic (exact) mass is 387 g/mol. The van der Waals surface area contributed by atoms with Gasteiger partial charge in [-0.05, 0) is 57.6 Å². The van der Waals surface area contributed by atoms with E-state index in [1.54, 1.807) is 6.92 Å². The Morgan fingerprint density at radius 3 is 2.31 bits per heavy atom. The molecule has 1 N–H and O–H groups in total. The van der Waals surface area contributed by atoms with Crippen LogP contribution in [0.5, 0.6) is 0 Å². The number of esters is 1. The third-order valence-corrected chi connectivity index (χ3v) is 6.28. The zero-order valence-electron chi connectivity index (χ0n) is 15.7. The van der Waals surface area contributed by atoms with Crippen LogP contribution in [0.1, 0.15) is 49.3 Å². The average molecular weight is 387 g/mol. The Bertz CT molecular complexity index is 660. The lowest BCUT2D eigenvalue weighted by atomic mass is 9.82. The number of carbonyl (C=O) groups excluding carboxylic acids is 1. The Balaban J connectivity index is 2.22. The molecule has 0 aromatic heterocycles. The largest absolute Gasteiger partial charge is 0.465 e. The van der Waals surface area contributed by atoms with Crippen molar-refractivity contribution in [3.05, 3.63) is 28.8 Å². The molecule has 26 heavy (non-hydrogen) atoms. The van der Waals surface area contributed by atoms with E-state index in [0.29, 0.717) is 4.90 Å². The number of ether oxygens (including phenoxy) is 1. The molecular formula is C19H27F2NO3S. The maximum absolute atomic E-state index is 13.5. The zero-order chi connectivity index (χ0) is 19.5. The van der Waals surface area contributed by atoms with Crippen molar-refractivity contribution in [3.8, 4) is 0 Å². The fourth-order valence-corrected chi connectivity index (χ4v) is 4.94. The highest BCUT2D eigenvalue weighted by atomic mass is 32.2. The van der Waals surface area contributed by atoms with E-state index >= 15 is 0 Å². The molecule has 1 aromatic carbocycles. The molecule has 1 saturated carbocycles. The van der Waals surface area contributed by atoms with Gasteiger partial charge < -0.3 is 4.74 Å². The summed E-state index contributed by atoms with van der Waals surface area (Å²) in [5.41, 5.74) is 2.80. The minimum atomic E-state index is -2.68. The van der Waals surface area contributed by atoms with Crippen molar-refractivity contribution in [1.82, 2.24) is 4.72 Å². The van der Waals surface area contributed by atoms with Crippen LogP contribution in [0.3, 0.4) is 0 Å². The summed E-state index contributed by atoms with van der Waals surface area (Å²) < 4.78 is 47.8. The minimum Gasteiger partial charge on any atom is -0.465 e. The molecule has 1 fully saturated rings. The Kier molecular flexibility index (Phi) is 6.91. The second kappa shape index (κ2) is 8.57. The Morgan fingerprint density at radius 1 is 1.27 bits per heavy atom. The highest BCUT2D eigenvalue weighted by Crippen LogP contribution is 2.38. The van der Waals surface area contributed by atoms with Crippen LogP contribution in [0.15, 0.2) is 17.0 Å². The predicted octanol–water partition coefficient (Wildman–Crippen LogP) is 3.98. The first-order valence-corrected chi connectivity index (χ1v) is 10.1. The molecule has 1 aliphatic carbocycles. The van der Waals surface area contributed by atoms with Crippen molar-refractivity contribution >= 4 is 17.0 Å². The van der Waals surface area contributed by atoms with E-state index in [2.05, 4.69) is 4.72 Å². The second-order valence-corrected chi connectivity index (χ2v) is 8.22. The number of nitrogens with one attached hydrogen (secondary N) is 1. The minimum absolute atomic E-state index is 0.190. The van der Waals surface area contributed by atoms with Gasteiger partial charge in [-0.1, -0.05) is 17.7 Å². The Hall–Kier alpha value is -1.34. The van der Waals surface area contributed by atoms with Crippen molar-refractivity contribution in [3.63, 3.8) is 0 Å². The molecule has 0 aliphatic heterocycles. The molecule has 2 rings (SSSR count). The van der Waals surface area contributed by atoms with E-state index in [1.165, 1.54) is 0 Å².